The number of primary amides is 1. The molecule has 3 aromatic heterocycles. The van der Waals surface area contributed by atoms with Gasteiger partial charge in [0.15, 0.2) is 0 Å². The zero-order valence-corrected chi connectivity index (χ0v) is 13.9. The van der Waals surface area contributed by atoms with E-state index < -0.39 is 24.2 Å². The van der Waals surface area contributed by atoms with Gasteiger partial charge in [-0.2, -0.15) is 5.10 Å². The zero-order chi connectivity index (χ0) is 20.1. The van der Waals surface area contributed by atoms with E-state index in [1.807, 2.05) is 6.07 Å². The SMILES string of the molecule is [2H]C1([2H])CC([C@@H](CC(N)=O)n2cc(-c3ncnc4[nH]ccc34)cn2)CC1([2H])C. The average Bonchev–Trinajstić information content (AvgIpc) is 3.30. The van der Waals surface area contributed by atoms with Crippen LogP contribution in [-0.4, -0.2) is 30.6 Å². The molecule has 1 aliphatic rings. The number of nitrogens with one attached hydrogen (secondary N) is 1. The Kier molecular flexibility index (Phi) is 3.19. The van der Waals surface area contributed by atoms with Gasteiger partial charge >= 0.3 is 0 Å². The fourth-order valence-corrected chi connectivity index (χ4v) is 3.54. The molecule has 3 heterocycles. The number of rotatable bonds is 5. The Balaban J connectivity index is 1.69. The van der Waals surface area contributed by atoms with E-state index in [0.29, 0.717) is 6.42 Å². The second-order valence-corrected chi connectivity index (χ2v) is 6.53. The number of carbonyl (C=O) groups excluding carboxylic acids is 1. The summed E-state index contributed by atoms with van der Waals surface area (Å²) in [5, 5.41) is 5.30. The van der Waals surface area contributed by atoms with E-state index in [1.54, 1.807) is 30.2 Å². The molecule has 3 N–H and O–H groups in total. The maximum absolute atomic E-state index is 11.7. The number of carbonyl (C=O) groups is 1. The predicted molar refractivity (Wildman–Crippen MR) is 94.5 cm³/mol. The van der Waals surface area contributed by atoms with Gasteiger partial charge in [0.1, 0.15) is 12.0 Å². The maximum Gasteiger partial charge on any atom is 0.219 e. The first-order valence-corrected chi connectivity index (χ1v) is 8.29. The smallest absolute Gasteiger partial charge is 0.219 e. The summed E-state index contributed by atoms with van der Waals surface area (Å²) in [6.07, 6.45) is 5.68. The lowest BCUT2D eigenvalue weighted by molar-refractivity contribution is -0.119. The van der Waals surface area contributed by atoms with Crippen LogP contribution in [0.3, 0.4) is 0 Å². The molecule has 130 valence electrons. The fraction of sp³-hybridized carbons (Fsp3) is 0.444. The van der Waals surface area contributed by atoms with Gasteiger partial charge in [-0.25, -0.2) is 9.97 Å². The highest BCUT2D eigenvalue weighted by atomic mass is 16.1. The van der Waals surface area contributed by atoms with Gasteiger partial charge in [-0.15, -0.1) is 0 Å². The molecule has 3 aromatic rings. The summed E-state index contributed by atoms with van der Waals surface area (Å²) in [4.78, 5) is 23.3. The highest BCUT2D eigenvalue weighted by Gasteiger charge is 2.31. The summed E-state index contributed by atoms with van der Waals surface area (Å²) in [7, 11) is 0. The van der Waals surface area contributed by atoms with Crippen LogP contribution in [0.4, 0.5) is 0 Å². The second-order valence-electron chi connectivity index (χ2n) is 6.53. The minimum atomic E-state index is -1.63. The van der Waals surface area contributed by atoms with Crippen LogP contribution < -0.4 is 5.73 Å². The molecule has 7 nitrogen and oxygen atoms in total. The molecule has 0 radical (unpaired) electrons. The van der Waals surface area contributed by atoms with E-state index in [-0.39, 0.29) is 18.8 Å². The number of nitrogens with two attached hydrogens (primary N) is 1. The van der Waals surface area contributed by atoms with Crippen molar-refractivity contribution in [3.05, 3.63) is 31.0 Å². The van der Waals surface area contributed by atoms with Crippen molar-refractivity contribution in [3.8, 4) is 11.3 Å². The Labute approximate surface area is 149 Å². The Bertz CT molecular complexity index is 1010. The molecule has 2 unspecified atom stereocenters. The molecule has 1 fully saturated rings. The van der Waals surface area contributed by atoms with Gasteiger partial charge in [0.2, 0.25) is 5.91 Å². The predicted octanol–water partition coefficient (Wildman–Crippen LogP) is 2.67. The Hall–Kier alpha value is -2.70. The van der Waals surface area contributed by atoms with Gasteiger partial charge in [-0.3, -0.25) is 9.48 Å². The lowest BCUT2D eigenvalue weighted by atomic mass is 9.94. The molecule has 0 bridgehead atoms. The lowest BCUT2D eigenvalue weighted by Crippen LogP contribution is -2.25. The largest absolute Gasteiger partial charge is 0.370 e. The number of fused-ring (bicyclic) bond motifs is 1. The number of H-pyrrole nitrogens is 1. The first-order chi connectivity index (χ1) is 13.2. The van der Waals surface area contributed by atoms with Crippen molar-refractivity contribution in [1.29, 1.82) is 0 Å². The third-order valence-corrected chi connectivity index (χ3v) is 4.76. The molecular weight excluding hydrogens is 316 g/mol. The molecule has 1 amide bonds. The highest BCUT2D eigenvalue weighted by Crippen LogP contribution is 2.39. The monoisotopic (exact) mass is 341 g/mol. The second kappa shape index (κ2) is 6.31. The molecule has 4 rings (SSSR count). The standard InChI is InChI=1S/C18H22N6O/c1-11-2-3-12(6-11)15(7-16(19)25)24-9-13(8-23-24)17-14-4-5-20-18(14)22-10-21-17/h4-5,8-12,15H,2-3,6-7H2,1H3,(H2,19,25)(H,20,21,22)/t11?,12?,15-/m1/s1/i2D2,11D. The number of amides is 1. The Morgan fingerprint density at radius 3 is 3.24 bits per heavy atom. The van der Waals surface area contributed by atoms with Crippen LogP contribution in [0.2, 0.25) is 0 Å². The van der Waals surface area contributed by atoms with Crippen molar-refractivity contribution in [2.45, 2.75) is 38.6 Å². The van der Waals surface area contributed by atoms with Crippen LogP contribution in [0.1, 0.15) is 42.7 Å². The number of nitrogens with zero attached hydrogens (tertiary/aromatic N) is 4. The van der Waals surface area contributed by atoms with Gasteiger partial charge in [-0.1, -0.05) is 13.3 Å². The van der Waals surface area contributed by atoms with Gasteiger partial charge in [0.05, 0.1) is 17.9 Å². The van der Waals surface area contributed by atoms with E-state index in [0.717, 1.165) is 22.3 Å². The number of aromatic amines is 1. The normalized spacial score (nSPS) is 28.4. The van der Waals surface area contributed by atoms with Crippen molar-refractivity contribution >= 4 is 16.9 Å². The van der Waals surface area contributed by atoms with E-state index in [1.165, 1.54) is 6.33 Å². The van der Waals surface area contributed by atoms with Crippen molar-refractivity contribution in [3.63, 3.8) is 0 Å². The molecule has 3 atom stereocenters. The minimum Gasteiger partial charge on any atom is -0.370 e. The van der Waals surface area contributed by atoms with Crippen LogP contribution in [0.15, 0.2) is 31.0 Å². The van der Waals surface area contributed by atoms with Gasteiger partial charge in [0, 0.05) is 33.9 Å². The maximum atomic E-state index is 11.7. The number of aromatic nitrogens is 5. The quantitative estimate of drug-likeness (QED) is 0.744. The van der Waals surface area contributed by atoms with Crippen molar-refractivity contribution in [2.24, 2.45) is 17.5 Å². The molecule has 7 heteroatoms. The van der Waals surface area contributed by atoms with E-state index in [2.05, 4.69) is 20.1 Å². The van der Waals surface area contributed by atoms with Crippen LogP contribution in [0, 0.1) is 11.8 Å². The van der Waals surface area contributed by atoms with Gasteiger partial charge < -0.3 is 10.7 Å². The van der Waals surface area contributed by atoms with Crippen LogP contribution in [0.5, 0.6) is 0 Å². The molecule has 0 aliphatic heterocycles. The third kappa shape index (κ3) is 3.01. The Morgan fingerprint density at radius 1 is 1.60 bits per heavy atom. The highest BCUT2D eigenvalue weighted by molar-refractivity contribution is 5.90. The average molecular weight is 341 g/mol. The summed E-state index contributed by atoms with van der Waals surface area (Å²) in [6.45, 7) is 1.60. The zero-order valence-electron chi connectivity index (χ0n) is 16.9. The molecule has 0 saturated heterocycles. The number of hydrogen-bond donors (Lipinski definition) is 2. The van der Waals surface area contributed by atoms with Gasteiger partial charge in [0.25, 0.3) is 0 Å². The Morgan fingerprint density at radius 2 is 2.48 bits per heavy atom. The van der Waals surface area contributed by atoms with E-state index in [4.69, 9.17) is 9.85 Å². The molecule has 1 aliphatic carbocycles. The molecular formula is C18H22N6O. The van der Waals surface area contributed by atoms with Crippen LogP contribution in [-0.2, 0) is 4.79 Å². The van der Waals surface area contributed by atoms with Crippen molar-refractivity contribution in [1.82, 2.24) is 24.7 Å². The summed E-state index contributed by atoms with van der Waals surface area (Å²) in [5.41, 5.74) is 7.69. The molecule has 0 aromatic carbocycles. The van der Waals surface area contributed by atoms with E-state index >= 15 is 0 Å². The minimum absolute atomic E-state index is 0.0429. The first-order valence-electron chi connectivity index (χ1n) is 9.79. The fourth-order valence-electron chi connectivity index (χ4n) is 3.54. The van der Waals surface area contributed by atoms with Crippen LogP contribution >= 0.6 is 0 Å². The summed E-state index contributed by atoms with van der Waals surface area (Å²) in [5.74, 6) is -1.90. The van der Waals surface area contributed by atoms with Crippen molar-refractivity contribution < 1.29 is 8.91 Å². The topological polar surface area (TPSA) is 102 Å². The van der Waals surface area contributed by atoms with Crippen LogP contribution in [0.25, 0.3) is 22.3 Å². The first kappa shape index (κ1) is 12.6. The molecule has 1 saturated carbocycles. The summed E-state index contributed by atoms with van der Waals surface area (Å²) < 4.78 is 26.4. The van der Waals surface area contributed by atoms with Gasteiger partial charge in [-0.05, 0) is 30.7 Å². The number of hydrogen-bond acceptors (Lipinski definition) is 4. The summed E-state index contributed by atoms with van der Waals surface area (Å²) >= 11 is 0. The third-order valence-electron chi connectivity index (χ3n) is 4.76. The molecule has 25 heavy (non-hydrogen) atoms. The molecule has 0 spiro atoms. The van der Waals surface area contributed by atoms with E-state index in [9.17, 15) is 4.79 Å². The summed E-state index contributed by atoms with van der Waals surface area (Å²) in [6, 6.07) is 1.48. The van der Waals surface area contributed by atoms with Crippen molar-refractivity contribution in [2.75, 3.05) is 0 Å². The lowest BCUT2D eigenvalue weighted by Gasteiger charge is -2.23.